The number of fused-ring (bicyclic) bond motifs is 1. The number of halogens is 1. The topological polar surface area (TPSA) is 57.2 Å². The van der Waals surface area contributed by atoms with Crippen molar-refractivity contribution in [2.75, 3.05) is 38.3 Å². The van der Waals surface area contributed by atoms with E-state index in [1.54, 1.807) is 12.1 Å². The fourth-order valence-corrected chi connectivity index (χ4v) is 3.95. The van der Waals surface area contributed by atoms with E-state index in [-0.39, 0.29) is 12.1 Å². The first kappa shape index (κ1) is 19.7. The van der Waals surface area contributed by atoms with Crippen LogP contribution in [-0.4, -0.2) is 56.1 Å². The van der Waals surface area contributed by atoms with Gasteiger partial charge in [-0.25, -0.2) is 9.80 Å². The quantitative estimate of drug-likeness (QED) is 0.821. The number of carbonyl (C=O) groups excluding carboxylic acids is 1. The number of nitrogens with zero attached hydrogens (tertiary/aromatic N) is 3. The molecule has 29 heavy (non-hydrogen) atoms. The Morgan fingerprint density at radius 1 is 1.17 bits per heavy atom. The van der Waals surface area contributed by atoms with Crippen molar-refractivity contribution < 1.29 is 9.53 Å². The van der Waals surface area contributed by atoms with Crippen LogP contribution >= 0.6 is 11.6 Å². The number of urea groups is 1. The van der Waals surface area contributed by atoms with Crippen LogP contribution in [0.2, 0.25) is 5.02 Å². The molecule has 2 aromatic carbocycles. The van der Waals surface area contributed by atoms with Crippen LogP contribution in [0.15, 0.2) is 47.6 Å². The van der Waals surface area contributed by atoms with Crippen LogP contribution in [0.1, 0.15) is 23.6 Å². The third-order valence-electron chi connectivity index (χ3n) is 5.40. The van der Waals surface area contributed by atoms with E-state index in [2.05, 4.69) is 28.4 Å². The van der Waals surface area contributed by atoms with Gasteiger partial charge in [0.1, 0.15) is 0 Å². The van der Waals surface area contributed by atoms with E-state index < -0.39 is 0 Å². The first-order chi connectivity index (χ1) is 14.1. The summed E-state index contributed by atoms with van der Waals surface area (Å²) in [6.45, 7) is 5.22. The van der Waals surface area contributed by atoms with Gasteiger partial charge >= 0.3 is 6.03 Å². The van der Waals surface area contributed by atoms with Crippen LogP contribution in [0.3, 0.4) is 0 Å². The Labute approximate surface area is 176 Å². The van der Waals surface area contributed by atoms with Crippen LogP contribution < -0.4 is 10.2 Å². The van der Waals surface area contributed by atoms with Gasteiger partial charge in [-0.2, -0.15) is 5.10 Å². The number of hydrogen-bond donors (Lipinski definition) is 1. The summed E-state index contributed by atoms with van der Waals surface area (Å²) in [5, 5.41) is 9.72. The maximum atomic E-state index is 12.5. The minimum Gasteiger partial charge on any atom is -0.378 e. The van der Waals surface area contributed by atoms with Crippen molar-refractivity contribution in [2.24, 2.45) is 5.10 Å². The van der Waals surface area contributed by atoms with Crippen molar-refractivity contribution in [3.63, 3.8) is 0 Å². The summed E-state index contributed by atoms with van der Waals surface area (Å²) < 4.78 is 5.49. The van der Waals surface area contributed by atoms with E-state index in [1.165, 1.54) is 5.56 Å². The number of morpholine rings is 1. The zero-order chi connectivity index (χ0) is 20.4. The van der Waals surface area contributed by atoms with Crippen molar-refractivity contribution >= 4 is 29.0 Å². The molecule has 2 aliphatic heterocycles. The zero-order valence-corrected chi connectivity index (χ0v) is 17.4. The van der Waals surface area contributed by atoms with Gasteiger partial charge in [-0.15, -0.1) is 0 Å². The Hall–Kier alpha value is -2.57. The molecular weight excluding hydrogens is 388 g/mol. The molecule has 6 nitrogen and oxygen atoms in total. The van der Waals surface area contributed by atoms with Crippen molar-refractivity contribution in [2.45, 2.75) is 19.4 Å². The summed E-state index contributed by atoms with van der Waals surface area (Å²) >= 11 is 6.10. The van der Waals surface area contributed by atoms with E-state index in [9.17, 15) is 4.79 Å². The largest absolute Gasteiger partial charge is 0.378 e. The third-order valence-corrected chi connectivity index (χ3v) is 5.66. The first-order valence-electron chi connectivity index (χ1n) is 9.88. The first-order valence-corrected chi connectivity index (χ1v) is 10.3. The van der Waals surface area contributed by atoms with Gasteiger partial charge in [0.25, 0.3) is 0 Å². The summed E-state index contributed by atoms with van der Waals surface area (Å²) in [5.41, 5.74) is 5.08. The van der Waals surface area contributed by atoms with Crippen LogP contribution in [0.4, 0.5) is 10.5 Å². The molecule has 0 saturated carbocycles. The highest BCUT2D eigenvalue weighted by atomic mass is 35.5. The average molecular weight is 413 g/mol. The lowest BCUT2D eigenvalue weighted by Crippen LogP contribution is -2.41. The monoisotopic (exact) mass is 412 g/mol. The number of amides is 2. The van der Waals surface area contributed by atoms with Crippen LogP contribution in [-0.2, 0) is 11.2 Å². The maximum absolute atomic E-state index is 12.5. The predicted octanol–water partition coefficient (Wildman–Crippen LogP) is 3.52. The summed E-state index contributed by atoms with van der Waals surface area (Å²) in [5.74, 6) is 0. The second-order valence-corrected chi connectivity index (χ2v) is 7.79. The predicted molar refractivity (Wildman–Crippen MR) is 116 cm³/mol. The van der Waals surface area contributed by atoms with Gasteiger partial charge in [-0.3, -0.25) is 0 Å². The highest BCUT2D eigenvalue weighted by Gasteiger charge is 2.27. The molecule has 0 bridgehead atoms. The second-order valence-electron chi connectivity index (χ2n) is 7.35. The Kier molecular flexibility index (Phi) is 5.74. The van der Waals surface area contributed by atoms with E-state index in [0.717, 1.165) is 55.3 Å². The van der Waals surface area contributed by atoms with Crippen LogP contribution in [0, 0.1) is 0 Å². The minimum atomic E-state index is -0.217. The Morgan fingerprint density at radius 2 is 1.90 bits per heavy atom. The number of hydrogen-bond acceptors (Lipinski definition) is 4. The highest BCUT2D eigenvalue weighted by molar-refractivity contribution is 6.30. The molecule has 0 aliphatic carbocycles. The van der Waals surface area contributed by atoms with E-state index in [1.807, 2.05) is 31.2 Å². The lowest BCUT2D eigenvalue weighted by atomic mass is 9.94. The molecular formula is C22H25ClN4O2. The molecule has 1 saturated heterocycles. The van der Waals surface area contributed by atoms with Gasteiger partial charge < -0.3 is 15.0 Å². The molecule has 2 heterocycles. The normalized spacial score (nSPS) is 19.3. The van der Waals surface area contributed by atoms with E-state index in [0.29, 0.717) is 5.02 Å². The smallest absolute Gasteiger partial charge is 0.337 e. The molecule has 152 valence electrons. The van der Waals surface area contributed by atoms with Crippen LogP contribution in [0.25, 0.3) is 0 Å². The molecule has 1 atom stereocenters. The standard InChI is InChI=1S/C22H25ClN4O2/c1-15-13-17-5-8-19(26-9-11-29-12-10-26)14-20(17)21(25-27(15)22(28)24-2)16-3-6-18(23)7-4-16/h3-8,14-15H,9-13H2,1-2H3,(H,24,28)/t15-/m1/s1. The number of ether oxygens (including phenoxy) is 1. The number of hydrazone groups is 1. The fraction of sp³-hybridized carbons (Fsp3) is 0.364. The molecule has 0 radical (unpaired) electrons. The van der Waals surface area contributed by atoms with Gasteiger partial charge in [-0.1, -0.05) is 29.8 Å². The fourth-order valence-electron chi connectivity index (χ4n) is 3.83. The Morgan fingerprint density at radius 3 is 2.59 bits per heavy atom. The zero-order valence-electron chi connectivity index (χ0n) is 16.7. The lowest BCUT2D eigenvalue weighted by molar-refractivity contribution is 0.122. The van der Waals surface area contributed by atoms with E-state index >= 15 is 0 Å². The molecule has 1 fully saturated rings. The summed E-state index contributed by atoms with van der Waals surface area (Å²) in [4.78, 5) is 14.8. The van der Waals surface area contributed by atoms with Crippen LogP contribution in [0.5, 0.6) is 0 Å². The van der Waals surface area contributed by atoms with Gasteiger partial charge in [0.05, 0.1) is 25.0 Å². The summed E-state index contributed by atoms with van der Waals surface area (Å²) in [6.07, 6.45) is 0.729. The van der Waals surface area contributed by atoms with Gasteiger partial charge in [0, 0.05) is 42.0 Å². The number of rotatable bonds is 2. The Balaban J connectivity index is 1.83. The molecule has 4 rings (SSSR count). The number of nitrogens with one attached hydrogen (secondary N) is 1. The van der Waals surface area contributed by atoms with Crippen molar-refractivity contribution in [3.8, 4) is 0 Å². The van der Waals surface area contributed by atoms with Gasteiger partial charge in [0.2, 0.25) is 0 Å². The lowest BCUT2D eigenvalue weighted by Gasteiger charge is -2.29. The molecule has 2 aromatic rings. The number of anilines is 1. The van der Waals surface area contributed by atoms with Gasteiger partial charge in [-0.05, 0) is 43.2 Å². The second kappa shape index (κ2) is 8.43. The Bertz CT molecular complexity index is 923. The molecule has 0 spiro atoms. The molecule has 0 unspecified atom stereocenters. The maximum Gasteiger partial charge on any atom is 0.337 e. The molecule has 0 aromatic heterocycles. The molecule has 2 amide bonds. The molecule has 7 heteroatoms. The van der Waals surface area contributed by atoms with Gasteiger partial charge in [0.15, 0.2) is 0 Å². The van der Waals surface area contributed by atoms with Crippen molar-refractivity contribution in [3.05, 3.63) is 64.2 Å². The number of carbonyl (C=O) groups is 1. The third kappa shape index (κ3) is 4.09. The molecule has 2 aliphatic rings. The highest BCUT2D eigenvalue weighted by Crippen LogP contribution is 2.28. The average Bonchev–Trinajstić information content (AvgIpc) is 2.90. The van der Waals surface area contributed by atoms with Crippen molar-refractivity contribution in [1.82, 2.24) is 10.3 Å². The van der Waals surface area contributed by atoms with Crippen molar-refractivity contribution in [1.29, 1.82) is 0 Å². The summed E-state index contributed by atoms with van der Waals surface area (Å²) in [6, 6.07) is 13.8. The number of benzene rings is 2. The van der Waals surface area contributed by atoms with E-state index in [4.69, 9.17) is 21.4 Å². The molecule has 1 N–H and O–H groups in total. The minimum absolute atomic E-state index is 0.0623. The SMILES string of the molecule is CNC(=O)N1N=C(c2ccc(Cl)cc2)c2cc(N3CCOCC3)ccc2C[C@H]1C. The summed E-state index contributed by atoms with van der Waals surface area (Å²) in [7, 11) is 1.63.